The van der Waals surface area contributed by atoms with Crippen molar-refractivity contribution >= 4 is 5.95 Å². The van der Waals surface area contributed by atoms with E-state index in [1.54, 1.807) is 0 Å². The summed E-state index contributed by atoms with van der Waals surface area (Å²) in [6.07, 6.45) is 0.791. The summed E-state index contributed by atoms with van der Waals surface area (Å²) in [5.41, 5.74) is 1.29. The molecule has 5 heteroatoms. The smallest absolute Gasteiger partial charge is 0.243 e. The topological polar surface area (TPSA) is 70.9 Å². The van der Waals surface area contributed by atoms with E-state index in [0.717, 1.165) is 17.8 Å². The van der Waals surface area contributed by atoms with Crippen LogP contribution in [0.4, 0.5) is 5.95 Å². The molecule has 0 aliphatic carbocycles. The third kappa shape index (κ3) is 2.86. The normalized spacial score (nSPS) is 14.7. The molecule has 0 radical (unpaired) electrons. The number of rotatable bonds is 4. The molecule has 0 spiro atoms. The lowest BCUT2D eigenvalue weighted by Crippen LogP contribution is -2.38. The molecule has 0 aromatic carbocycles. The first-order chi connectivity index (χ1) is 7.00. The first-order valence-corrected chi connectivity index (χ1v) is 5.07. The van der Waals surface area contributed by atoms with E-state index in [-0.39, 0.29) is 12.1 Å². The van der Waals surface area contributed by atoms with Gasteiger partial charge in [0.15, 0.2) is 0 Å². The second-order valence-electron chi connectivity index (χ2n) is 4.00. The number of anilines is 1. The number of hydrogen-bond donors (Lipinski definition) is 2. The number of nitrogens with one attached hydrogen (secondary N) is 1. The lowest BCUT2D eigenvalue weighted by molar-refractivity contribution is 0.218. The summed E-state index contributed by atoms with van der Waals surface area (Å²) >= 11 is 0. The van der Waals surface area contributed by atoms with Gasteiger partial charge in [0.05, 0.1) is 23.5 Å². The zero-order valence-electron chi connectivity index (χ0n) is 9.70. The van der Waals surface area contributed by atoms with Crippen LogP contribution in [0.25, 0.3) is 0 Å². The predicted octanol–water partition coefficient (Wildman–Crippen LogP) is 1.06. The van der Waals surface area contributed by atoms with Crippen LogP contribution in [-0.2, 0) is 0 Å². The number of aliphatic hydroxyl groups is 1. The summed E-state index contributed by atoms with van der Waals surface area (Å²) < 4.78 is 0. The van der Waals surface area contributed by atoms with Gasteiger partial charge in [0.25, 0.3) is 0 Å². The zero-order valence-corrected chi connectivity index (χ0v) is 9.70. The number of nitrogens with zero attached hydrogens (tertiary/aromatic N) is 3. The predicted molar refractivity (Wildman–Crippen MR) is 58.7 cm³/mol. The molecule has 0 saturated carbocycles. The Morgan fingerprint density at radius 1 is 1.27 bits per heavy atom. The Bertz CT molecular complexity index is 336. The van der Waals surface area contributed by atoms with Crippen molar-refractivity contribution in [3.63, 3.8) is 0 Å². The maximum absolute atomic E-state index is 9.23. The van der Waals surface area contributed by atoms with E-state index in [0.29, 0.717) is 5.95 Å². The van der Waals surface area contributed by atoms with Crippen LogP contribution in [0.2, 0.25) is 0 Å². The van der Waals surface area contributed by atoms with Gasteiger partial charge in [-0.2, -0.15) is 5.10 Å². The minimum absolute atomic E-state index is 0.0415. The molecule has 1 heterocycles. The molecule has 1 unspecified atom stereocenters. The fraction of sp³-hybridized carbons (Fsp3) is 0.700. The molecular formula is C10H18N4O. The SMILES string of the molecule is CCC(C)(CO)Nc1nnc(C)c(C)n1. The first kappa shape index (κ1) is 11.8. The number of aliphatic hydroxyl groups excluding tert-OH is 1. The fourth-order valence-electron chi connectivity index (χ4n) is 1.02. The quantitative estimate of drug-likeness (QED) is 0.777. The summed E-state index contributed by atoms with van der Waals surface area (Å²) in [4.78, 5) is 4.26. The molecule has 2 N–H and O–H groups in total. The summed E-state index contributed by atoms with van der Waals surface area (Å²) in [5, 5.41) is 20.2. The van der Waals surface area contributed by atoms with Gasteiger partial charge in [-0.3, -0.25) is 0 Å². The monoisotopic (exact) mass is 210 g/mol. The molecule has 0 aliphatic heterocycles. The Labute approximate surface area is 90.0 Å². The van der Waals surface area contributed by atoms with E-state index in [1.165, 1.54) is 0 Å². The van der Waals surface area contributed by atoms with Crippen LogP contribution in [0, 0.1) is 13.8 Å². The van der Waals surface area contributed by atoms with E-state index in [1.807, 2.05) is 27.7 Å². The Balaban J connectivity index is 2.85. The molecule has 84 valence electrons. The number of aryl methyl sites for hydroxylation is 2. The van der Waals surface area contributed by atoms with Crippen LogP contribution >= 0.6 is 0 Å². The molecule has 1 rings (SSSR count). The van der Waals surface area contributed by atoms with Crippen molar-refractivity contribution in [3.05, 3.63) is 11.4 Å². The van der Waals surface area contributed by atoms with Crippen LogP contribution < -0.4 is 5.32 Å². The fourth-order valence-corrected chi connectivity index (χ4v) is 1.02. The average molecular weight is 210 g/mol. The third-order valence-electron chi connectivity index (χ3n) is 2.63. The summed E-state index contributed by atoms with van der Waals surface area (Å²) in [7, 11) is 0. The maximum Gasteiger partial charge on any atom is 0.243 e. The Morgan fingerprint density at radius 3 is 2.40 bits per heavy atom. The molecule has 0 amide bonds. The Morgan fingerprint density at radius 2 is 1.93 bits per heavy atom. The summed E-state index contributed by atoms with van der Waals surface area (Å²) in [6, 6.07) is 0. The molecule has 1 atom stereocenters. The zero-order chi connectivity index (χ0) is 11.5. The highest BCUT2D eigenvalue weighted by Crippen LogP contribution is 2.14. The Hall–Kier alpha value is -1.23. The molecule has 0 aliphatic rings. The van der Waals surface area contributed by atoms with Crippen LogP contribution in [0.3, 0.4) is 0 Å². The van der Waals surface area contributed by atoms with E-state index in [9.17, 15) is 5.11 Å². The lowest BCUT2D eigenvalue weighted by atomic mass is 10.0. The van der Waals surface area contributed by atoms with Crippen molar-refractivity contribution in [2.75, 3.05) is 11.9 Å². The van der Waals surface area contributed by atoms with Gasteiger partial charge in [-0.1, -0.05) is 6.92 Å². The molecule has 15 heavy (non-hydrogen) atoms. The van der Waals surface area contributed by atoms with Gasteiger partial charge in [0.1, 0.15) is 0 Å². The number of hydrogen-bond acceptors (Lipinski definition) is 5. The molecule has 1 aromatic heterocycles. The van der Waals surface area contributed by atoms with Crippen molar-refractivity contribution < 1.29 is 5.11 Å². The van der Waals surface area contributed by atoms with Crippen LogP contribution in [0.15, 0.2) is 0 Å². The minimum atomic E-state index is -0.386. The Kier molecular flexibility index (Phi) is 3.57. The van der Waals surface area contributed by atoms with Crippen LogP contribution in [0.5, 0.6) is 0 Å². The largest absolute Gasteiger partial charge is 0.394 e. The summed E-state index contributed by atoms with van der Waals surface area (Å²) in [6.45, 7) is 7.71. The first-order valence-electron chi connectivity index (χ1n) is 5.07. The van der Waals surface area contributed by atoms with Gasteiger partial charge in [-0.25, -0.2) is 4.98 Å². The molecule has 0 fully saturated rings. The van der Waals surface area contributed by atoms with Crippen molar-refractivity contribution in [2.45, 2.75) is 39.7 Å². The van der Waals surface area contributed by atoms with Gasteiger partial charge in [0, 0.05) is 0 Å². The number of aromatic nitrogens is 3. The van der Waals surface area contributed by atoms with Gasteiger partial charge < -0.3 is 10.4 Å². The van der Waals surface area contributed by atoms with E-state index in [2.05, 4.69) is 20.5 Å². The standard InChI is InChI=1S/C10H18N4O/c1-5-10(4,6-15)12-9-11-7(2)8(3)13-14-9/h15H,5-6H2,1-4H3,(H,11,12,14). The van der Waals surface area contributed by atoms with E-state index in [4.69, 9.17) is 0 Å². The van der Waals surface area contributed by atoms with Crippen molar-refractivity contribution in [1.29, 1.82) is 0 Å². The highest BCUT2D eigenvalue weighted by atomic mass is 16.3. The lowest BCUT2D eigenvalue weighted by Gasteiger charge is -2.26. The van der Waals surface area contributed by atoms with Crippen LogP contribution in [0.1, 0.15) is 31.7 Å². The van der Waals surface area contributed by atoms with Gasteiger partial charge in [0.2, 0.25) is 5.95 Å². The highest BCUT2D eigenvalue weighted by Gasteiger charge is 2.21. The van der Waals surface area contributed by atoms with E-state index < -0.39 is 0 Å². The van der Waals surface area contributed by atoms with E-state index >= 15 is 0 Å². The molecule has 0 bridgehead atoms. The van der Waals surface area contributed by atoms with Gasteiger partial charge in [-0.05, 0) is 27.2 Å². The van der Waals surface area contributed by atoms with Crippen molar-refractivity contribution in [3.8, 4) is 0 Å². The second kappa shape index (κ2) is 4.53. The average Bonchev–Trinajstić information content (AvgIpc) is 2.23. The molecular weight excluding hydrogens is 192 g/mol. The highest BCUT2D eigenvalue weighted by molar-refractivity contribution is 5.29. The van der Waals surface area contributed by atoms with Gasteiger partial charge >= 0.3 is 0 Å². The second-order valence-corrected chi connectivity index (χ2v) is 4.00. The van der Waals surface area contributed by atoms with Gasteiger partial charge in [-0.15, -0.1) is 5.10 Å². The molecule has 0 saturated heterocycles. The van der Waals surface area contributed by atoms with Crippen molar-refractivity contribution in [2.24, 2.45) is 0 Å². The minimum Gasteiger partial charge on any atom is -0.394 e. The molecule has 5 nitrogen and oxygen atoms in total. The summed E-state index contributed by atoms with van der Waals surface area (Å²) in [5.74, 6) is 0.469. The molecule has 1 aromatic rings. The van der Waals surface area contributed by atoms with Crippen molar-refractivity contribution in [1.82, 2.24) is 15.2 Å². The van der Waals surface area contributed by atoms with Crippen LogP contribution in [-0.4, -0.2) is 32.4 Å². The third-order valence-corrected chi connectivity index (χ3v) is 2.63. The maximum atomic E-state index is 9.23.